The van der Waals surface area contributed by atoms with Gasteiger partial charge >= 0.3 is 11.9 Å². The first-order chi connectivity index (χ1) is 6.90. The molecule has 0 spiro atoms. The van der Waals surface area contributed by atoms with Crippen LogP contribution >= 0.6 is 0 Å². The van der Waals surface area contributed by atoms with Gasteiger partial charge in [0, 0.05) is 6.61 Å². The van der Waals surface area contributed by atoms with Gasteiger partial charge in [-0.05, 0) is 26.8 Å². The molecule has 6 heteroatoms. The van der Waals surface area contributed by atoms with E-state index in [4.69, 9.17) is 14.9 Å². The van der Waals surface area contributed by atoms with E-state index in [9.17, 15) is 9.59 Å². The quantitative estimate of drug-likeness (QED) is 0.389. The number of rotatable bonds is 7. The molecule has 0 amide bonds. The maximum absolute atomic E-state index is 11.1. The van der Waals surface area contributed by atoms with E-state index in [2.05, 4.69) is 5.32 Å². The zero-order valence-electron chi connectivity index (χ0n) is 8.95. The SMILES string of the molecule is CC(C)(OC(=O)CNCCCO)C(=O)O. The van der Waals surface area contributed by atoms with Crippen LogP contribution < -0.4 is 5.32 Å². The van der Waals surface area contributed by atoms with Crippen LogP contribution in [0.2, 0.25) is 0 Å². The van der Waals surface area contributed by atoms with Crippen molar-refractivity contribution in [2.45, 2.75) is 25.9 Å². The Labute approximate surface area is 88.2 Å². The third kappa shape index (κ3) is 6.03. The number of esters is 1. The molecular weight excluding hydrogens is 202 g/mol. The predicted molar refractivity (Wildman–Crippen MR) is 52.4 cm³/mol. The van der Waals surface area contributed by atoms with E-state index in [1.54, 1.807) is 0 Å². The van der Waals surface area contributed by atoms with Gasteiger partial charge in [-0.2, -0.15) is 0 Å². The minimum atomic E-state index is -1.50. The summed E-state index contributed by atoms with van der Waals surface area (Å²) >= 11 is 0. The smallest absolute Gasteiger partial charge is 0.347 e. The highest BCUT2D eigenvalue weighted by Gasteiger charge is 2.31. The summed E-state index contributed by atoms with van der Waals surface area (Å²) in [4.78, 5) is 21.7. The van der Waals surface area contributed by atoms with Gasteiger partial charge in [0.2, 0.25) is 5.60 Å². The number of hydrogen-bond donors (Lipinski definition) is 3. The Bertz CT molecular complexity index is 227. The Morgan fingerprint density at radius 1 is 1.40 bits per heavy atom. The molecule has 0 saturated carbocycles. The van der Waals surface area contributed by atoms with Gasteiger partial charge in [-0.1, -0.05) is 0 Å². The van der Waals surface area contributed by atoms with Gasteiger partial charge in [0.1, 0.15) is 0 Å². The minimum absolute atomic E-state index is 0.0443. The molecule has 0 aromatic heterocycles. The Hall–Kier alpha value is -1.14. The first kappa shape index (κ1) is 13.9. The van der Waals surface area contributed by atoms with Gasteiger partial charge in [0.25, 0.3) is 0 Å². The van der Waals surface area contributed by atoms with Crippen molar-refractivity contribution in [3.63, 3.8) is 0 Å². The molecular formula is C9H17NO5. The molecule has 15 heavy (non-hydrogen) atoms. The highest BCUT2D eigenvalue weighted by Crippen LogP contribution is 2.08. The number of carbonyl (C=O) groups is 2. The molecule has 0 rings (SSSR count). The number of hydrogen-bond acceptors (Lipinski definition) is 5. The average Bonchev–Trinajstić information content (AvgIpc) is 2.11. The van der Waals surface area contributed by atoms with Crippen LogP contribution in [0.15, 0.2) is 0 Å². The lowest BCUT2D eigenvalue weighted by atomic mass is 10.1. The summed E-state index contributed by atoms with van der Waals surface area (Å²) in [6.45, 7) is 3.08. The fourth-order valence-corrected chi connectivity index (χ4v) is 0.759. The van der Waals surface area contributed by atoms with E-state index in [0.717, 1.165) is 0 Å². The second-order valence-corrected chi connectivity index (χ2v) is 3.54. The van der Waals surface area contributed by atoms with Crippen molar-refractivity contribution >= 4 is 11.9 Å². The topological polar surface area (TPSA) is 95.9 Å². The first-order valence-corrected chi connectivity index (χ1v) is 4.67. The van der Waals surface area contributed by atoms with Crippen LogP contribution in [0.5, 0.6) is 0 Å². The molecule has 0 bridgehead atoms. The fraction of sp³-hybridized carbons (Fsp3) is 0.778. The van der Waals surface area contributed by atoms with Crippen molar-refractivity contribution in [3.05, 3.63) is 0 Å². The van der Waals surface area contributed by atoms with E-state index in [1.807, 2.05) is 0 Å². The lowest BCUT2D eigenvalue weighted by Gasteiger charge is -2.19. The van der Waals surface area contributed by atoms with Crippen LogP contribution in [-0.2, 0) is 14.3 Å². The lowest BCUT2D eigenvalue weighted by molar-refractivity contribution is -0.173. The van der Waals surface area contributed by atoms with Crippen LogP contribution in [-0.4, -0.2) is 47.4 Å². The van der Waals surface area contributed by atoms with E-state index >= 15 is 0 Å². The Morgan fingerprint density at radius 2 is 2.00 bits per heavy atom. The number of ether oxygens (including phenoxy) is 1. The van der Waals surface area contributed by atoms with Gasteiger partial charge in [0.05, 0.1) is 6.54 Å². The van der Waals surface area contributed by atoms with E-state index in [0.29, 0.717) is 13.0 Å². The van der Waals surface area contributed by atoms with Gasteiger partial charge in [-0.15, -0.1) is 0 Å². The highest BCUT2D eigenvalue weighted by molar-refractivity contribution is 5.81. The molecule has 6 nitrogen and oxygen atoms in total. The summed E-state index contributed by atoms with van der Waals surface area (Å²) in [5, 5.41) is 19.8. The van der Waals surface area contributed by atoms with Crippen LogP contribution in [0.4, 0.5) is 0 Å². The first-order valence-electron chi connectivity index (χ1n) is 4.67. The summed E-state index contributed by atoms with van der Waals surface area (Å²) in [6, 6.07) is 0. The predicted octanol–water partition coefficient (Wildman–Crippen LogP) is -0.635. The van der Waals surface area contributed by atoms with Crippen LogP contribution in [0.1, 0.15) is 20.3 Å². The molecule has 0 aromatic carbocycles. The van der Waals surface area contributed by atoms with Gasteiger partial charge in [-0.3, -0.25) is 4.79 Å². The molecule has 0 aliphatic heterocycles. The van der Waals surface area contributed by atoms with E-state index in [-0.39, 0.29) is 13.2 Å². The van der Waals surface area contributed by atoms with Crippen LogP contribution in [0, 0.1) is 0 Å². The second-order valence-electron chi connectivity index (χ2n) is 3.54. The summed E-state index contributed by atoms with van der Waals surface area (Å²) in [7, 11) is 0. The largest absolute Gasteiger partial charge is 0.478 e. The number of carboxylic acid groups (broad SMARTS) is 1. The third-order valence-electron chi connectivity index (χ3n) is 1.67. The number of nitrogens with one attached hydrogen (secondary N) is 1. The zero-order valence-corrected chi connectivity index (χ0v) is 8.95. The molecule has 0 heterocycles. The molecule has 0 unspecified atom stereocenters. The Balaban J connectivity index is 3.79. The van der Waals surface area contributed by atoms with Crippen LogP contribution in [0.3, 0.4) is 0 Å². The standard InChI is InChI=1S/C9H17NO5/c1-9(2,8(13)14)15-7(12)6-10-4-3-5-11/h10-11H,3-6H2,1-2H3,(H,13,14). The number of aliphatic hydroxyl groups excluding tert-OH is 1. The number of aliphatic carboxylic acids is 1. The highest BCUT2D eigenvalue weighted by atomic mass is 16.6. The van der Waals surface area contributed by atoms with Crippen molar-refractivity contribution in [1.82, 2.24) is 5.32 Å². The second kappa shape index (κ2) is 6.36. The van der Waals surface area contributed by atoms with Crippen LogP contribution in [0.25, 0.3) is 0 Å². The molecule has 0 aliphatic rings. The number of carboxylic acids is 1. The molecule has 0 radical (unpaired) electrons. The summed E-state index contributed by atoms with van der Waals surface area (Å²) in [5.41, 5.74) is -1.50. The van der Waals surface area contributed by atoms with Crippen molar-refractivity contribution < 1.29 is 24.5 Å². The van der Waals surface area contributed by atoms with Gasteiger partial charge < -0.3 is 20.3 Å². The zero-order chi connectivity index (χ0) is 11.9. The van der Waals surface area contributed by atoms with Gasteiger partial charge in [-0.25, -0.2) is 4.79 Å². The maximum Gasteiger partial charge on any atom is 0.347 e. The van der Waals surface area contributed by atoms with Crippen molar-refractivity contribution in [2.75, 3.05) is 19.7 Å². The molecule has 3 N–H and O–H groups in total. The van der Waals surface area contributed by atoms with Crippen molar-refractivity contribution in [1.29, 1.82) is 0 Å². The molecule has 88 valence electrons. The van der Waals surface area contributed by atoms with E-state index in [1.165, 1.54) is 13.8 Å². The Kier molecular flexibility index (Phi) is 5.88. The number of carbonyl (C=O) groups excluding carboxylic acids is 1. The molecule has 0 saturated heterocycles. The third-order valence-corrected chi connectivity index (χ3v) is 1.67. The summed E-state index contributed by atoms with van der Waals surface area (Å²) in [6.07, 6.45) is 0.537. The van der Waals surface area contributed by atoms with Crippen molar-refractivity contribution in [2.24, 2.45) is 0 Å². The normalized spacial score (nSPS) is 11.1. The Morgan fingerprint density at radius 3 is 2.47 bits per heavy atom. The average molecular weight is 219 g/mol. The maximum atomic E-state index is 11.1. The minimum Gasteiger partial charge on any atom is -0.478 e. The molecule has 0 aromatic rings. The van der Waals surface area contributed by atoms with E-state index < -0.39 is 17.5 Å². The number of aliphatic hydroxyl groups is 1. The van der Waals surface area contributed by atoms with Crippen molar-refractivity contribution in [3.8, 4) is 0 Å². The monoisotopic (exact) mass is 219 g/mol. The fourth-order valence-electron chi connectivity index (χ4n) is 0.759. The lowest BCUT2D eigenvalue weighted by Crippen LogP contribution is -2.39. The summed E-state index contributed by atoms with van der Waals surface area (Å²) in [5.74, 6) is -1.81. The molecule has 0 atom stereocenters. The molecule has 0 aliphatic carbocycles. The van der Waals surface area contributed by atoms with Gasteiger partial charge in [0.15, 0.2) is 0 Å². The molecule has 0 fully saturated rings. The summed E-state index contributed by atoms with van der Waals surface area (Å²) < 4.78 is 4.72.